The fourth-order valence-corrected chi connectivity index (χ4v) is 4.80. The van der Waals surface area contributed by atoms with E-state index in [4.69, 9.17) is 0 Å². The van der Waals surface area contributed by atoms with Crippen LogP contribution >= 0.6 is 0 Å². The Morgan fingerprint density at radius 1 is 0.621 bits per heavy atom. The van der Waals surface area contributed by atoms with Gasteiger partial charge in [-0.3, -0.25) is 0 Å². The lowest BCUT2D eigenvalue weighted by atomic mass is 9.94. The molecular formula is C29H26. The van der Waals surface area contributed by atoms with Gasteiger partial charge in [0.05, 0.1) is 0 Å². The maximum absolute atomic E-state index is 2.42. The first-order valence-electron chi connectivity index (χ1n) is 10.6. The molecule has 0 heteroatoms. The Bertz CT molecular complexity index is 1090. The monoisotopic (exact) mass is 374 g/mol. The summed E-state index contributed by atoms with van der Waals surface area (Å²) in [6.07, 6.45) is 10.3. The van der Waals surface area contributed by atoms with Crippen LogP contribution in [0.2, 0.25) is 0 Å². The van der Waals surface area contributed by atoms with Crippen molar-refractivity contribution in [1.82, 2.24) is 0 Å². The minimum Gasteiger partial charge on any atom is -0.0795 e. The van der Waals surface area contributed by atoms with Gasteiger partial charge in [-0.15, -0.1) is 0 Å². The molecule has 29 heavy (non-hydrogen) atoms. The zero-order valence-electron chi connectivity index (χ0n) is 17.1. The highest BCUT2D eigenvalue weighted by Gasteiger charge is 2.27. The van der Waals surface area contributed by atoms with E-state index in [9.17, 15) is 0 Å². The fourth-order valence-electron chi connectivity index (χ4n) is 4.80. The molecule has 0 aromatic heterocycles. The van der Waals surface area contributed by atoms with Crippen molar-refractivity contribution in [3.63, 3.8) is 0 Å². The van der Waals surface area contributed by atoms with Crippen molar-refractivity contribution in [1.29, 1.82) is 0 Å². The summed E-state index contributed by atoms with van der Waals surface area (Å²) < 4.78 is 0. The van der Waals surface area contributed by atoms with Gasteiger partial charge in [-0.05, 0) is 50.9 Å². The second-order valence-corrected chi connectivity index (χ2v) is 8.22. The van der Waals surface area contributed by atoms with E-state index in [1.807, 2.05) is 0 Å². The van der Waals surface area contributed by atoms with Crippen LogP contribution in [0.1, 0.15) is 59.1 Å². The molecule has 0 radical (unpaired) electrons. The normalized spacial score (nSPS) is 20.2. The quantitative estimate of drug-likeness (QED) is 0.410. The number of hydrogen-bond donors (Lipinski definition) is 0. The molecule has 0 amide bonds. The first kappa shape index (κ1) is 17.9. The Labute approximate surface area is 173 Å². The van der Waals surface area contributed by atoms with Gasteiger partial charge in [0.2, 0.25) is 0 Å². The second-order valence-electron chi connectivity index (χ2n) is 8.22. The maximum atomic E-state index is 2.42. The Kier molecular flexibility index (Phi) is 4.56. The average molecular weight is 375 g/mol. The lowest BCUT2D eigenvalue weighted by Crippen LogP contribution is -1.89. The molecule has 0 fully saturated rings. The molecule has 3 aromatic carbocycles. The Hall–Kier alpha value is -3.12. The Morgan fingerprint density at radius 2 is 1.14 bits per heavy atom. The summed E-state index contributed by atoms with van der Waals surface area (Å²) in [6.45, 7) is 4.58. The SMILES string of the molecule is C1=Cc2ccccc2C1.CC1C=C(C2=CC(C)c3ccccc32)c2ccccc21. The van der Waals surface area contributed by atoms with Crippen molar-refractivity contribution < 1.29 is 0 Å². The van der Waals surface area contributed by atoms with Crippen LogP contribution in [0.4, 0.5) is 0 Å². The molecular weight excluding hydrogens is 348 g/mol. The molecule has 3 aromatic rings. The lowest BCUT2D eigenvalue weighted by Gasteiger charge is -2.09. The Morgan fingerprint density at radius 3 is 1.72 bits per heavy atom. The van der Waals surface area contributed by atoms with Crippen molar-refractivity contribution in [2.45, 2.75) is 32.1 Å². The molecule has 0 nitrogen and oxygen atoms in total. The van der Waals surface area contributed by atoms with Crippen LogP contribution < -0.4 is 0 Å². The third kappa shape index (κ3) is 3.19. The minimum absolute atomic E-state index is 0.519. The highest BCUT2D eigenvalue weighted by Crippen LogP contribution is 2.47. The van der Waals surface area contributed by atoms with Crippen molar-refractivity contribution >= 4 is 17.2 Å². The van der Waals surface area contributed by atoms with Crippen LogP contribution in [0, 0.1) is 0 Å². The maximum Gasteiger partial charge on any atom is 0.000514 e. The summed E-state index contributed by atoms with van der Waals surface area (Å²) in [5.41, 5.74) is 11.4. The van der Waals surface area contributed by atoms with Crippen molar-refractivity contribution in [3.05, 3.63) is 124 Å². The van der Waals surface area contributed by atoms with Crippen LogP contribution in [0.25, 0.3) is 17.2 Å². The zero-order chi connectivity index (χ0) is 19.8. The van der Waals surface area contributed by atoms with E-state index in [2.05, 4.69) is 111 Å². The largest absolute Gasteiger partial charge is 0.0795 e. The lowest BCUT2D eigenvalue weighted by molar-refractivity contribution is 0.989. The number of allylic oxidation sites excluding steroid dienone is 5. The molecule has 3 aliphatic rings. The predicted octanol–water partition coefficient (Wildman–Crippen LogP) is 7.64. The van der Waals surface area contributed by atoms with Gasteiger partial charge in [0, 0.05) is 11.8 Å². The first-order valence-corrected chi connectivity index (χ1v) is 10.6. The van der Waals surface area contributed by atoms with Crippen molar-refractivity contribution in [3.8, 4) is 0 Å². The van der Waals surface area contributed by atoms with Crippen LogP contribution in [-0.4, -0.2) is 0 Å². The summed E-state index contributed by atoms with van der Waals surface area (Å²) in [6, 6.07) is 26.1. The van der Waals surface area contributed by atoms with Gasteiger partial charge in [0.25, 0.3) is 0 Å². The Balaban J connectivity index is 0.000000168. The molecule has 0 saturated carbocycles. The molecule has 0 spiro atoms. The highest BCUT2D eigenvalue weighted by atomic mass is 14.3. The molecule has 0 saturated heterocycles. The molecule has 2 atom stereocenters. The standard InChI is InChI=1S/C20H18.C9H8/c1-13-11-19(17-9-5-3-7-15(13)17)20-12-14(2)16-8-4-6-10-18(16)20;1-2-5-9-7-3-6-8(9)4-1/h3-14H,1-2H3;1-6H,7H2. The van der Waals surface area contributed by atoms with Gasteiger partial charge in [0.15, 0.2) is 0 Å². The van der Waals surface area contributed by atoms with E-state index >= 15 is 0 Å². The number of hydrogen-bond acceptors (Lipinski definition) is 0. The van der Waals surface area contributed by atoms with Crippen LogP contribution in [0.5, 0.6) is 0 Å². The molecule has 0 aliphatic heterocycles. The summed E-state index contributed by atoms with van der Waals surface area (Å²) >= 11 is 0. The van der Waals surface area contributed by atoms with Crippen molar-refractivity contribution in [2.24, 2.45) is 0 Å². The van der Waals surface area contributed by atoms with E-state index < -0.39 is 0 Å². The minimum atomic E-state index is 0.519. The van der Waals surface area contributed by atoms with E-state index in [1.165, 1.54) is 44.5 Å². The van der Waals surface area contributed by atoms with Gasteiger partial charge >= 0.3 is 0 Å². The molecule has 2 unspecified atom stereocenters. The van der Waals surface area contributed by atoms with Gasteiger partial charge in [-0.2, -0.15) is 0 Å². The average Bonchev–Trinajstić information content (AvgIpc) is 3.45. The molecule has 3 aliphatic carbocycles. The van der Waals surface area contributed by atoms with E-state index in [0.717, 1.165) is 6.42 Å². The molecule has 6 rings (SSSR count). The van der Waals surface area contributed by atoms with Gasteiger partial charge in [0.1, 0.15) is 0 Å². The fraction of sp³-hybridized carbons (Fsp3) is 0.172. The second kappa shape index (κ2) is 7.37. The predicted molar refractivity (Wildman–Crippen MR) is 125 cm³/mol. The van der Waals surface area contributed by atoms with E-state index in [0.29, 0.717) is 11.8 Å². The van der Waals surface area contributed by atoms with E-state index in [1.54, 1.807) is 0 Å². The topological polar surface area (TPSA) is 0 Å². The zero-order valence-corrected chi connectivity index (χ0v) is 17.1. The summed E-state index contributed by atoms with van der Waals surface area (Å²) in [5, 5.41) is 0. The highest BCUT2D eigenvalue weighted by molar-refractivity contribution is 6.09. The summed E-state index contributed by atoms with van der Waals surface area (Å²) in [5.74, 6) is 1.04. The smallest absolute Gasteiger partial charge is 0.000514 e. The van der Waals surface area contributed by atoms with Crippen LogP contribution in [0.15, 0.2) is 91.0 Å². The van der Waals surface area contributed by atoms with E-state index in [-0.39, 0.29) is 0 Å². The third-order valence-corrected chi connectivity index (χ3v) is 6.30. The first-order chi connectivity index (χ1) is 14.2. The van der Waals surface area contributed by atoms with Crippen molar-refractivity contribution in [2.75, 3.05) is 0 Å². The number of benzene rings is 3. The molecule has 0 N–H and O–H groups in total. The van der Waals surface area contributed by atoms with Crippen LogP contribution in [-0.2, 0) is 6.42 Å². The van der Waals surface area contributed by atoms with Gasteiger partial charge in [-0.25, -0.2) is 0 Å². The molecule has 0 bridgehead atoms. The number of fused-ring (bicyclic) bond motifs is 3. The van der Waals surface area contributed by atoms with Gasteiger partial charge < -0.3 is 0 Å². The van der Waals surface area contributed by atoms with Crippen LogP contribution in [0.3, 0.4) is 0 Å². The third-order valence-electron chi connectivity index (χ3n) is 6.30. The van der Waals surface area contributed by atoms with Gasteiger partial charge in [-0.1, -0.05) is 111 Å². The summed E-state index contributed by atoms with van der Waals surface area (Å²) in [7, 11) is 0. The number of rotatable bonds is 1. The molecule has 142 valence electrons. The molecule has 0 heterocycles. The summed E-state index contributed by atoms with van der Waals surface area (Å²) in [4.78, 5) is 0.